The first-order valence-corrected chi connectivity index (χ1v) is 9.82. The minimum absolute atomic E-state index is 0.0561. The fourth-order valence-corrected chi connectivity index (χ4v) is 3.32. The van der Waals surface area contributed by atoms with Gasteiger partial charge in [-0.15, -0.1) is 0 Å². The third kappa shape index (κ3) is 5.80. The molecule has 0 spiro atoms. The number of hydrogen-bond acceptors (Lipinski definition) is 2. The molecule has 0 radical (unpaired) electrons. The van der Waals surface area contributed by atoms with Crippen molar-refractivity contribution in [3.63, 3.8) is 0 Å². The van der Waals surface area contributed by atoms with Gasteiger partial charge in [-0.05, 0) is 48.2 Å². The van der Waals surface area contributed by atoms with Crippen molar-refractivity contribution in [3.05, 3.63) is 58.9 Å². The van der Waals surface area contributed by atoms with Crippen LogP contribution >= 0.6 is 11.6 Å². The number of nitrogens with zero attached hydrogens (tertiary/aromatic N) is 1. The van der Waals surface area contributed by atoms with Crippen LogP contribution in [0.25, 0.3) is 11.1 Å². The summed E-state index contributed by atoms with van der Waals surface area (Å²) in [5.41, 5.74) is 7.07. The first-order chi connectivity index (χ1) is 13.3. The molecule has 1 fully saturated rings. The third-order valence-electron chi connectivity index (χ3n) is 4.93. The molecule has 0 bridgehead atoms. The van der Waals surface area contributed by atoms with Crippen molar-refractivity contribution < 1.29 is 14.0 Å². The van der Waals surface area contributed by atoms with Crippen LogP contribution in [0.15, 0.2) is 42.5 Å². The molecule has 2 N–H and O–H groups in total. The van der Waals surface area contributed by atoms with Gasteiger partial charge in [-0.1, -0.05) is 49.6 Å². The molecule has 0 atom stereocenters. The van der Waals surface area contributed by atoms with E-state index in [-0.39, 0.29) is 16.8 Å². The first-order valence-electron chi connectivity index (χ1n) is 9.44. The Balaban J connectivity index is 0.000000500. The maximum absolute atomic E-state index is 13.2. The van der Waals surface area contributed by atoms with Crippen LogP contribution in [0.3, 0.4) is 0 Å². The number of benzene rings is 2. The molecule has 1 aliphatic carbocycles. The average molecular weight is 405 g/mol. The summed E-state index contributed by atoms with van der Waals surface area (Å²) >= 11 is 5.82. The first kappa shape index (κ1) is 21.9. The number of rotatable bonds is 4. The number of carbonyl (C=O) groups is 2. The average Bonchev–Trinajstić information content (AvgIpc) is 3.24. The van der Waals surface area contributed by atoms with Crippen LogP contribution in [0.4, 0.5) is 4.39 Å². The Kier molecular flexibility index (Phi) is 8.00. The van der Waals surface area contributed by atoms with Gasteiger partial charge < -0.3 is 10.6 Å². The summed E-state index contributed by atoms with van der Waals surface area (Å²) in [6, 6.07) is 12.4. The van der Waals surface area contributed by atoms with Crippen LogP contribution in [0, 0.1) is 5.82 Å². The smallest absolute Gasteiger partial charge is 0.253 e. The summed E-state index contributed by atoms with van der Waals surface area (Å²) in [6.45, 7) is 1.72. The predicted octanol–water partition coefficient (Wildman–Crippen LogP) is 5.04. The zero-order chi connectivity index (χ0) is 20.7. The third-order valence-corrected chi connectivity index (χ3v) is 5.22. The van der Waals surface area contributed by atoms with Gasteiger partial charge in [0, 0.05) is 25.1 Å². The summed E-state index contributed by atoms with van der Waals surface area (Å²) in [5, 5.41) is 0.101. The van der Waals surface area contributed by atoms with E-state index in [0.29, 0.717) is 18.0 Å². The fourth-order valence-electron chi connectivity index (χ4n) is 3.14. The molecule has 1 saturated carbocycles. The Bertz CT molecular complexity index is 818. The molecular weight excluding hydrogens is 379 g/mol. The number of nitrogens with two attached hydrogens (primary N) is 1. The van der Waals surface area contributed by atoms with Gasteiger partial charge in [0.15, 0.2) is 0 Å². The molecule has 4 nitrogen and oxygen atoms in total. The van der Waals surface area contributed by atoms with E-state index >= 15 is 0 Å². The standard InChI is InChI=1S/C19H19ClFNO.C3H7NO/c1-22(16-4-2-3-5-16)19(23)14-8-6-13(7-9-14)15-10-11-18(21)17(20)12-15;1-2-3(4)5/h6-12,16H,2-5H2,1H3;2H2,1H3,(H2,4,5). The minimum atomic E-state index is -0.430. The lowest BCUT2D eigenvalue weighted by molar-refractivity contribution is -0.117. The lowest BCUT2D eigenvalue weighted by Gasteiger charge is -2.24. The Morgan fingerprint density at radius 3 is 2.14 bits per heavy atom. The molecule has 6 heteroatoms. The number of hydrogen-bond donors (Lipinski definition) is 1. The van der Waals surface area contributed by atoms with E-state index in [1.807, 2.05) is 36.2 Å². The van der Waals surface area contributed by atoms with E-state index in [4.69, 9.17) is 11.6 Å². The lowest BCUT2D eigenvalue weighted by Crippen LogP contribution is -2.35. The SMILES string of the molecule is CCC(N)=O.CN(C(=O)c1ccc(-c2ccc(F)c(Cl)c2)cc1)C1CCCC1. The largest absolute Gasteiger partial charge is 0.370 e. The highest BCUT2D eigenvalue weighted by atomic mass is 35.5. The van der Waals surface area contributed by atoms with Crippen molar-refractivity contribution >= 4 is 23.4 Å². The highest BCUT2D eigenvalue weighted by Gasteiger charge is 2.24. The van der Waals surface area contributed by atoms with E-state index in [1.165, 1.54) is 18.9 Å². The van der Waals surface area contributed by atoms with Crippen molar-refractivity contribution in [1.82, 2.24) is 4.90 Å². The number of amides is 2. The number of halogens is 2. The van der Waals surface area contributed by atoms with Gasteiger partial charge in [-0.25, -0.2) is 4.39 Å². The highest BCUT2D eigenvalue weighted by molar-refractivity contribution is 6.31. The summed E-state index contributed by atoms with van der Waals surface area (Å²) < 4.78 is 13.2. The highest BCUT2D eigenvalue weighted by Crippen LogP contribution is 2.27. The van der Waals surface area contributed by atoms with Gasteiger partial charge in [0.1, 0.15) is 5.82 Å². The van der Waals surface area contributed by atoms with Crippen molar-refractivity contribution in [1.29, 1.82) is 0 Å². The molecule has 2 aromatic carbocycles. The molecule has 0 saturated heterocycles. The van der Waals surface area contributed by atoms with Gasteiger partial charge in [-0.2, -0.15) is 0 Å². The van der Waals surface area contributed by atoms with E-state index in [1.54, 1.807) is 19.1 Å². The Morgan fingerprint density at radius 2 is 1.64 bits per heavy atom. The summed E-state index contributed by atoms with van der Waals surface area (Å²) in [5.74, 6) is -0.619. The van der Waals surface area contributed by atoms with E-state index in [2.05, 4.69) is 5.73 Å². The van der Waals surface area contributed by atoms with Crippen LogP contribution in [0.5, 0.6) is 0 Å². The molecule has 0 aromatic heterocycles. The lowest BCUT2D eigenvalue weighted by atomic mass is 10.0. The predicted molar refractivity (Wildman–Crippen MR) is 111 cm³/mol. The van der Waals surface area contributed by atoms with Gasteiger partial charge in [0.25, 0.3) is 5.91 Å². The normalized spacial score (nSPS) is 13.6. The number of carbonyl (C=O) groups excluding carboxylic acids is 2. The number of primary amides is 1. The van der Waals surface area contributed by atoms with Crippen LogP contribution in [-0.2, 0) is 4.79 Å². The Morgan fingerprint density at radius 1 is 1.11 bits per heavy atom. The second-order valence-electron chi connectivity index (χ2n) is 6.88. The molecular formula is C22H26ClFN2O2. The van der Waals surface area contributed by atoms with Crippen LogP contribution in [0.1, 0.15) is 49.4 Å². The van der Waals surface area contributed by atoms with Crippen molar-refractivity contribution in [2.45, 2.75) is 45.1 Å². The zero-order valence-corrected chi connectivity index (χ0v) is 17.0. The van der Waals surface area contributed by atoms with Crippen molar-refractivity contribution in [2.75, 3.05) is 7.05 Å². The van der Waals surface area contributed by atoms with Crippen molar-refractivity contribution in [3.8, 4) is 11.1 Å². The molecule has 0 heterocycles. The molecule has 3 rings (SSSR count). The summed E-state index contributed by atoms with van der Waals surface area (Å²) in [4.78, 5) is 24.0. The van der Waals surface area contributed by atoms with Crippen molar-refractivity contribution in [2.24, 2.45) is 5.73 Å². The molecule has 2 aromatic rings. The second-order valence-corrected chi connectivity index (χ2v) is 7.29. The zero-order valence-electron chi connectivity index (χ0n) is 16.3. The maximum Gasteiger partial charge on any atom is 0.253 e. The van der Waals surface area contributed by atoms with Gasteiger partial charge in [0.2, 0.25) is 5.91 Å². The fraction of sp³-hybridized carbons (Fsp3) is 0.364. The van der Waals surface area contributed by atoms with Gasteiger partial charge >= 0.3 is 0 Å². The molecule has 1 aliphatic rings. The molecule has 28 heavy (non-hydrogen) atoms. The Hall–Kier alpha value is -2.40. The summed E-state index contributed by atoms with van der Waals surface area (Å²) in [7, 11) is 1.88. The van der Waals surface area contributed by atoms with E-state index in [0.717, 1.165) is 24.0 Å². The Labute approximate surface area is 170 Å². The maximum atomic E-state index is 13.2. The molecule has 0 aliphatic heterocycles. The summed E-state index contributed by atoms with van der Waals surface area (Å²) in [6.07, 6.45) is 5.03. The topological polar surface area (TPSA) is 63.4 Å². The quantitative estimate of drug-likeness (QED) is 0.775. The van der Waals surface area contributed by atoms with Gasteiger partial charge in [-0.3, -0.25) is 9.59 Å². The van der Waals surface area contributed by atoms with E-state index < -0.39 is 5.82 Å². The van der Waals surface area contributed by atoms with Gasteiger partial charge in [0.05, 0.1) is 5.02 Å². The minimum Gasteiger partial charge on any atom is -0.370 e. The molecule has 0 unspecified atom stereocenters. The van der Waals surface area contributed by atoms with Crippen LogP contribution in [0.2, 0.25) is 5.02 Å². The van der Waals surface area contributed by atoms with Crippen LogP contribution < -0.4 is 5.73 Å². The monoisotopic (exact) mass is 404 g/mol. The second kappa shape index (κ2) is 10.2. The molecule has 2 amide bonds. The van der Waals surface area contributed by atoms with E-state index in [9.17, 15) is 14.0 Å². The molecule has 150 valence electrons. The van der Waals surface area contributed by atoms with Crippen LogP contribution in [-0.4, -0.2) is 29.8 Å².